The van der Waals surface area contributed by atoms with E-state index < -0.39 is 17.5 Å². The molecule has 17 heavy (non-hydrogen) atoms. The van der Waals surface area contributed by atoms with Crippen molar-refractivity contribution >= 4 is 11.6 Å². The summed E-state index contributed by atoms with van der Waals surface area (Å²) in [5.41, 5.74) is 1.18. The highest BCUT2D eigenvalue weighted by molar-refractivity contribution is 6.21. The first kappa shape index (κ1) is 14.2. The zero-order chi connectivity index (χ0) is 13.4. The quantitative estimate of drug-likeness (QED) is 0.537. The lowest BCUT2D eigenvalue weighted by atomic mass is 10.0. The van der Waals surface area contributed by atoms with Crippen LogP contribution in [0, 0.1) is 13.8 Å². The van der Waals surface area contributed by atoms with E-state index in [1.165, 1.54) is 18.2 Å². The molecule has 0 amide bonds. The van der Waals surface area contributed by atoms with E-state index in [9.17, 15) is 22.0 Å². The highest BCUT2D eigenvalue weighted by Crippen LogP contribution is 2.47. The Balaban J connectivity index is 3.12. The Labute approximate surface area is 100 Å². The van der Waals surface area contributed by atoms with E-state index in [1.807, 2.05) is 0 Å². The maximum atomic E-state index is 13.0. The van der Waals surface area contributed by atoms with Crippen LogP contribution in [0.3, 0.4) is 0 Å². The van der Waals surface area contributed by atoms with Gasteiger partial charge >= 0.3 is 12.1 Å². The van der Waals surface area contributed by atoms with Crippen molar-refractivity contribution in [2.24, 2.45) is 0 Å². The highest BCUT2D eigenvalue weighted by atomic mass is 35.5. The Hall–Kier alpha value is -0.840. The Bertz CT molecular complexity index is 411. The van der Waals surface area contributed by atoms with E-state index in [4.69, 9.17) is 11.6 Å². The molecule has 0 spiro atoms. The summed E-state index contributed by atoms with van der Waals surface area (Å²) >= 11 is 5.24. The first-order chi connectivity index (χ1) is 7.57. The van der Waals surface area contributed by atoms with Crippen LogP contribution in [0.2, 0.25) is 0 Å². The lowest BCUT2D eigenvalue weighted by Crippen LogP contribution is -2.40. The summed E-state index contributed by atoms with van der Waals surface area (Å²) in [5, 5.41) is -2.42. The van der Waals surface area contributed by atoms with E-state index in [0.29, 0.717) is 5.56 Å². The minimum Gasteiger partial charge on any atom is -0.194 e. The van der Waals surface area contributed by atoms with Gasteiger partial charge in [0.05, 0.1) is 0 Å². The summed E-state index contributed by atoms with van der Waals surface area (Å²) < 4.78 is 62.3. The molecular formula is C11H10ClF5. The average molecular weight is 273 g/mol. The molecule has 1 aromatic carbocycles. The summed E-state index contributed by atoms with van der Waals surface area (Å²) in [7, 11) is 0. The van der Waals surface area contributed by atoms with Crippen LogP contribution in [-0.2, 0) is 0 Å². The number of rotatable bonds is 2. The maximum Gasteiger partial charge on any atom is 0.455 e. The molecule has 0 aliphatic carbocycles. The molecule has 0 bridgehead atoms. The van der Waals surface area contributed by atoms with Crippen LogP contribution in [0.25, 0.3) is 0 Å². The minimum atomic E-state index is -5.65. The van der Waals surface area contributed by atoms with Gasteiger partial charge in [-0.3, -0.25) is 0 Å². The van der Waals surface area contributed by atoms with Gasteiger partial charge in [-0.15, -0.1) is 11.6 Å². The van der Waals surface area contributed by atoms with Crippen LogP contribution >= 0.6 is 11.6 Å². The molecule has 0 nitrogen and oxygen atoms in total. The summed E-state index contributed by atoms with van der Waals surface area (Å²) in [5.74, 6) is -4.95. The molecule has 0 N–H and O–H groups in total. The molecule has 1 aromatic rings. The smallest absolute Gasteiger partial charge is 0.194 e. The number of hydrogen-bond donors (Lipinski definition) is 0. The van der Waals surface area contributed by atoms with Gasteiger partial charge in [-0.05, 0) is 30.5 Å². The fraction of sp³-hybridized carbons (Fsp3) is 0.455. The van der Waals surface area contributed by atoms with Crippen LogP contribution in [-0.4, -0.2) is 12.1 Å². The van der Waals surface area contributed by atoms with Crippen molar-refractivity contribution in [1.29, 1.82) is 0 Å². The van der Waals surface area contributed by atoms with Gasteiger partial charge in [-0.1, -0.05) is 18.2 Å². The average Bonchev–Trinajstić information content (AvgIpc) is 2.19. The van der Waals surface area contributed by atoms with Crippen LogP contribution in [0.1, 0.15) is 22.1 Å². The van der Waals surface area contributed by atoms with Crippen LogP contribution in [0.5, 0.6) is 0 Å². The molecule has 0 fully saturated rings. The van der Waals surface area contributed by atoms with Crippen molar-refractivity contribution < 1.29 is 22.0 Å². The highest BCUT2D eigenvalue weighted by Gasteiger charge is 2.62. The van der Waals surface area contributed by atoms with E-state index in [2.05, 4.69) is 0 Å². The van der Waals surface area contributed by atoms with Crippen LogP contribution < -0.4 is 0 Å². The van der Waals surface area contributed by atoms with Crippen molar-refractivity contribution in [3.63, 3.8) is 0 Å². The fourth-order valence-electron chi connectivity index (χ4n) is 1.28. The van der Waals surface area contributed by atoms with Crippen molar-refractivity contribution in [3.8, 4) is 0 Å². The Morgan fingerprint density at radius 3 is 1.94 bits per heavy atom. The number of aryl methyl sites for hydroxylation is 2. The standard InChI is InChI=1S/C11H10ClF5/c1-6-3-4-8(5-7(6)2)9(12)10(13,14)11(15,16)17/h3-5,9H,1-2H3. The molecule has 1 atom stereocenters. The predicted octanol–water partition coefficient (Wildman–Crippen LogP) is 4.78. The number of benzene rings is 1. The Morgan fingerprint density at radius 2 is 1.53 bits per heavy atom. The summed E-state index contributed by atoms with van der Waals surface area (Å²) in [4.78, 5) is 0. The fourth-order valence-corrected chi connectivity index (χ4v) is 1.53. The zero-order valence-corrected chi connectivity index (χ0v) is 9.83. The van der Waals surface area contributed by atoms with E-state index in [1.54, 1.807) is 13.8 Å². The first-order valence-corrected chi connectivity index (χ1v) is 5.16. The van der Waals surface area contributed by atoms with Crippen molar-refractivity contribution in [2.45, 2.75) is 31.3 Å². The molecule has 1 rings (SSSR count). The molecule has 0 saturated heterocycles. The SMILES string of the molecule is Cc1ccc(C(Cl)C(F)(F)C(F)(F)F)cc1C. The zero-order valence-electron chi connectivity index (χ0n) is 9.08. The van der Waals surface area contributed by atoms with Gasteiger partial charge < -0.3 is 0 Å². The van der Waals surface area contributed by atoms with Gasteiger partial charge in [0, 0.05) is 0 Å². The second-order valence-corrected chi connectivity index (χ2v) is 4.26. The maximum absolute atomic E-state index is 13.0. The molecule has 0 saturated carbocycles. The Kier molecular flexibility index (Phi) is 3.72. The molecule has 1 unspecified atom stereocenters. The molecule has 0 aliphatic heterocycles. The molecule has 96 valence electrons. The minimum absolute atomic E-state index is 0.239. The topological polar surface area (TPSA) is 0 Å². The number of halogens is 6. The van der Waals surface area contributed by atoms with Crippen molar-refractivity contribution in [1.82, 2.24) is 0 Å². The molecule has 0 heterocycles. The second-order valence-electron chi connectivity index (χ2n) is 3.83. The van der Waals surface area contributed by atoms with Gasteiger partial charge in [-0.25, -0.2) is 0 Å². The van der Waals surface area contributed by atoms with Crippen molar-refractivity contribution in [3.05, 3.63) is 34.9 Å². The monoisotopic (exact) mass is 272 g/mol. The van der Waals surface area contributed by atoms with Gasteiger partial charge in [0.1, 0.15) is 5.38 Å². The van der Waals surface area contributed by atoms with Gasteiger partial charge in [0.25, 0.3) is 0 Å². The third-order valence-corrected chi connectivity index (χ3v) is 3.05. The second kappa shape index (κ2) is 4.44. The van der Waals surface area contributed by atoms with Crippen LogP contribution in [0.15, 0.2) is 18.2 Å². The van der Waals surface area contributed by atoms with Gasteiger partial charge in [0.2, 0.25) is 0 Å². The van der Waals surface area contributed by atoms with Gasteiger partial charge in [0.15, 0.2) is 0 Å². The summed E-state index contributed by atoms with van der Waals surface area (Å²) in [6.07, 6.45) is -5.65. The lowest BCUT2D eigenvalue weighted by Gasteiger charge is -2.24. The summed E-state index contributed by atoms with van der Waals surface area (Å²) in [6.45, 7) is 3.35. The largest absolute Gasteiger partial charge is 0.455 e. The lowest BCUT2D eigenvalue weighted by molar-refractivity contribution is -0.283. The molecule has 6 heteroatoms. The molecule has 0 aliphatic rings. The summed E-state index contributed by atoms with van der Waals surface area (Å²) in [6, 6.07) is 3.89. The van der Waals surface area contributed by atoms with Crippen molar-refractivity contribution in [2.75, 3.05) is 0 Å². The number of alkyl halides is 6. The normalized spacial score (nSPS) is 14.8. The van der Waals surface area contributed by atoms with E-state index in [-0.39, 0.29) is 5.56 Å². The van der Waals surface area contributed by atoms with Gasteiger partial charge in [-0.2, -0.15) is 22.0 Å². The first-order valence-electron chi connectivity index (χ1n) is 4.73. The Morgan fingerprint density at radius 1 is 1.00 bits per heavy atom. The van der Waals surface area contributed by atoms with Crippen LogP contribution in [0.4, 0.5) is 22.0 Å². The van der Waals surface area contributed by atoms with E-state index >= 15 is 0 Å². The molecular weight excluding hydrogens is 263 g/mol. The number of hydrogen-bond acceptors (Lipinski definition) is 0. The third-order valence-electron chi connectivity index (χ3n) is 2.52. The third kappa shape index (κ3) is 2.70. The molecule has 0 aromatic heterocycles. The van der Waals surface area contributed by atoms with E-state index in [0.717, 1.165) is 5.56 Å². The molecule has 0 radical (unpaired) electrons. The predicted molar refractivity (Wildman–Crippen MR) is 55.5 cm³/mol.